The zero-order chi connectivity index (χ0) is 14.4. The van der Waals surface area contributed by atoms with E-state index in [1.54, 1.807) is 7.11 Å². The average Bonchev–Trinajstić information content (AvgIpc) is 3.00. The monoisotopic (exact) mass is 277 g/mol. The van der Waals surface area contributed by atoms with Crippen LogP contribution in [0.4, 0.5) is 0 Å². The Balaban J connectivity index is 1.73. The van der Waals surface area contributed by atoms with E-state index < -0.39 is 0 Å². The van der Waals surface area contributed by atoms with Crippen molar-refractivity contribution >= 4 is 5.91 Å². The van der Waals surface area contributed by atoms with Crippen molar-refractivity contribution in [2.24, 2.45) is 0 Å². The number of ether oxygens (including phenoxy) is 2. The molecule has 0 spiro atoms. The molecule has 110 valence electrons. The lowest BCUT2D eigenvalue weighted by molar-refractivity contribution is -0.122. The normalized spacial score (nSPS) is 19.6. The maximum atomic E-state index is 11.9. The van der Waals surface area contributed by atoms with Gasteiger partial charge in [0.05, 0.1) is 19.3 Å². The van der Waals surface area contributed by atoms with Crippen LogP contribution in [0, 0.1) is 0 Å². The fourth-order valence-corrected chi connectivity index (χ4v) is 2.47. The molecule has 20 heavy (non-hydrogen) atoms. The van der Waals surface area contributed by atoms with Crippen molar-refractivity contribution < 1.29 is 14.3 Å². The van der Waals surface area contributed by atoms with Crippen molar-refractivity contribution in [1.29, 1.82) is 0 Å². The molecule has 2 rings (SSSR count). The second kappa shape index (κ2) is 7.29. The Labute approximate surface area is 120 Å². The largest absolute Gasteiger partial charge is 0.497 e. The third kappa shape index (κ3) is 4.23. The molecule has 4 heteroatoms. The standard InChI is InChI=1S/C16H23NO3/c1-12(15-4-3-11-20-15)17-16(18)10-7-13-5-8-14(19-2)9-6-13/h5-6,8-9,12,15H,3-4,7,10-11H2,1-2H3,(H,17,18)/t12-,15-/m1/s1. The topological polar surface area (TPSA) is 47.6 Å². The molecular formula is C16H23NO3. The predicted octanol–water partition coefficient (Wildman–Crippen LogP) is 2.31. The molecule has 0 aromatic heterocycles. The Hall–Kier alpha value is -1.55. The number of benzene rings is 1. The number of carbonyl (C=O) groups excluding carboxylic acids is 1. The van der Waals surface area contributed by atoms with Gasteiger partial charge in [0, 0.05) is 13.0 Å². The zero-order valence-electron chi connectivity index (χ0n) is 12.2. The summed E-state index contributed by atoms with van der Waals surface area (Å²) in [5, 5.41) is 3.03. The van der Waals surface area contributed by atoms with E-state index in [4.69, 9.17) is 9.47 Å². The molecule has 1 aliphatic rings. The minimum Gasteiger partial charge on any atom is -0.497 e. The highest BCUT2D eigenvalue weighted by Gasteiger charge is 2.23. The number of nitrogens with one attached hydrogen (secondary N) is 1. The fourth-order valence-electron chi connectivity index (χ4n) is 2.47. The van der Waals surface area contributed by atoms with Gasteiger partial charge in [-0.25, -0.2) is 0 Å². The Bertz CT molecular complexity index is 424. The molecule has 0 saturated carbocycles. The van der Waals surface area contributed by atoms with Crippen molar-refractivity contribution in [3.8, 4) is 5.75 Å². The molecule has 1 aromatic rings. The Morgan fingerprint density at radius 3 is 2.80 bits per heavy atom. The van der Waals surface area contributed by atoms with Crippen molar-refractivity contribution in [2.75, 3.05) is 13.7 Å². The van der Waals surface area contributed by atoms with Gasteiger partial charge in [0.15, 0.2) is 0 Å². The first-order valence-electron chi connectivity index (χ1n) is 7.23. The minimum absolute atomic E-state index is 0.0869. The van der Waals surface area contributed by atoms with E-state index in [0.29, 0.717) is 6.42 Å². The van der Waals surface area contributed by atoms with E-state index in [0.717, 1.165) is 37.2 Å². The average molecular weight is 277 g/mol. The molecule has 1 aromatic carbocycles. The van der Waals surface area contributed by atoms with Crippen LogP contribution in [0.5, 0.6) is 5.75 Å². The van der Waals surface area contributed by atoms with Gasteiger partial charge >= 0.3 is 0 Å². The third-order valence-electron chi connectivity index (χ3n) is 3.71. The molecule has 1 fully saturated rings. The van der Waals surface area contributed by atoms with Crippen LogP contribution in [0.15, 0.2) is 24.3 Å². The molecule has 0 aliphatic carbocycles. The van der Waals surface area contributed by atoms with Gasteiger partial charge in [-0.1, -0.05) is 12.1 Å². The SMILES string of the molecule is COc1ccc(CCC(=O)N[C@H](C)[C@H]2CCCO2)cc1. The molecular weight excluding hydrogens is 254 g/mol. The van der Waals surface area contributed by atoms with Crippen LogP contribution in [-0.4, -0.2) is 31.8 Å². The summed E-state index contributed by atoms with van der Waals surface area (Å²) in [7, 11) is 1.65. The molecule has 2 atom stereocenters. The highest BCUT2D eigenvalue weighted by atomic mass is 16.5. The van der Waals surface area contributed by atoms with Crippen molar-refractivity contribution in [3.05, 3.63) is 29.8 Å². The van der Waals surface area contributed by atoms with Crippen molar-refractivity contribution in [3.63, 3.8) is 0 Å². The number of amides is 1. The predicted molar refractivity (Wildman–Crippen MR) is 77.9 cm³/mol. The Kier molecular flexibility index (Phi) is 5.41. The van der Waals surface area contributed by atoms with Gasteiger partial charge in [0.2, 0.25) is 5.91 Å². The first-order valence-corrected chi connectivity index (χ1v) is 7.23. The van der Waals surface area contributed by atoms with Gasteiger partial charge < -0.3 is 14.8 Å². The second-order valence-corrected chi connectivity index (χ2v) is 5.26. The number of hydrogen-bond donors (Lipinski definition) is 1. The summed E-state index contributed by atoms with van der Waals surface area (Å²) in [6.07, 6.45) is 3.56. The number of hydrogen-bond acceptors (Lipinski definition) is 3. The van der Waals surface area contributed by atoms with Gasteiger partial charge in [-0.3, -0.25) is 4.79 Å². The lowest BCUT2D eigenvalue weighted by Crippen LogP contribution is -2.40. The molecule has 4 nitrogen and oxygen atoms in total. The van der Waals surface area contributed by atoms with Crippen LogP contribution >= 0.6 is 0 Å². The molecule has 0 radical (unpaired) electrons. The van der Waals surface area contributed by atoms with E-state index in [9.17, 15) is 4.79 Å². The second-order valence-electron chi connectivity index (χ2n) is 5.26. The van der Waals surface area contributed by atoms with Crippen LogP contribution < -0.4 is 10.1 Å². The molecule has 1 heterocycles. The fraction of sp³-hybridized carbons (Fsp3) is 0.562. The van der Waals surface area contributed by atoms with Gasteiger partial charge in [0.25, 0.3) is 0 Å². The maximum Gasteiger partial charge on any atom is 0.220 e. The van der Waals surface area contributed by atoms with E-state index in [-0.39, 0.29) is 18.1 Å². The minimum atomic E-state index is 0.0869. The molecule has 1 aliphatic heterocycles. The van der Waals surface area contributed by atoms with Crippen LogP contribution in [0.25, 0.3) is 0 Å². The smallest absolute Gasteiger partial charge is 0.220 e. The van der Waals surface area contributed by atoms with Crippen LogP contribution in [0.2, 0.25) is 0 Å². The highest BCUT2D eigenvalue weighted by Crippen LogP contribution is 2.16. The van der Waals surface area contributed by atoms with Crippen LogP contribution in [0.1, 0.15) is 31.7 Å². The molecule has 1 saturated heterocycles. The summed E-state index contributed by atoms with van der Waals surface area (Å²) in [5.41, 5.74) is 1.14. The summed E-state index contributed by atoms with van der Waals surface area (Å²) in [5.74, 6) is 0.925. The van der Waals surface area contributed by atoms with Gasteiger partial charge in [-0.05, 0) is 43.9 Å². The number of methoxy groups -OCH3 is 1. The third-order valence-corrected chi connectivity index (χ3v) is 3.71. The summed E-state index contributed by atoms with van der Waals surface area (Å²) in [6, 6.07) is 7.93. The summed E-state index contributed by atoms with van der Waals surface area (Å²) >= 11 is 0. The number of rotatable bonds is 6. The van der Waals surface area contributed by atoms with Gasteiger partial charge in [-0.15, -0.1) is 0 Å². The van der Waals surface area contributed by atoms with Crippen LogP contribution in [-0.2, 0) is 16.0 Å². The summed E-state index contributed by atoms with van der Waals surface area (Å²) in [6.45, 7) is 2.83. The van der Waals surface area contributed by atoms with Gasteiger partial charge in [-0.2, -0.15) is 0 Å². The summed E-state index contributed by atoms with van der Waals surface area (Å²) < 4.78 is 10.7. The first kappa shape index (κ1) is 14.9. The van der Waals surface area contributed by atoms with Crippen molar-refractivity contribution in [1.82, 2.24) is 5.32 Å². The lowest BCUT2D eigenvalue weighted by Gasteiger charge is -2.19. The van der Waals surface area contributed by atoms with Gasteiger partial charge in [0.1, 0.15) is 5.75 Å². The first-order chi connectivity index (χ1) is 9.69. The summed E-state index contributed by atoms with van der Waals surface area (Å²) in [4.78, 5) is 11.9. The van der Waals surface area contributed by atoms with E-state index in [1.807, 2.05) is 31.2 Å². The molecule has 0 unspecified atom stereocenters. The lowest BCUT2D eigenvalue weighted by atomic mass is 10.1. The van der Waals surface area contributed by atoms with E-state index in [2.05, 4.69) is 5.32 Å². The van der Waals surface area contributed by atoms with E-state index >= 15 is 0 Å². The molecule has 0 bridgehead atoms. The number of aryl methyl sites for hydroxylation is 1. The quantitative estimate of drug-likeness (QED) is 0.868. The Morgan fingerprint density at radius 1 is 1.45 bits per heavy atom. The highest BCUT2D eigenvalue weighted by molar-refractivity contribution is 5.76. The number of carbonyl (C=O) groups is 1. The molecule has 1 amide bonds. The van der Waals surface area contributed by atoms with Crippen LogP contribution in [0.3, 0.4) is 0 Å². The zero-order valence-corrected chi connectivity index (χ0v) is 12.2. The van der Waals surface area contributed by atoms with E-state index in [1.165, 1.54) is 0 Å². The maximum absolute atomic E-state index is 11.9. The van der Waals surface area contributed by atoms with Crippen molar-refractivity contribution in [2.45, 2.75) is 44.8 Å². The molecule has 1 N–H and O–H groups in total. The Morgan fingerprint density at radius 2 is 2.20 bits per heavy atom.